The summed E-state index contributed by atoms with van der Waals surface area (Å²) in [5.41, 5.74) is 9.36. The Morgan fingerprint density at radius 3 is 0.895 bits per heavy atom. The first-order valence-corrected chi connectivity index (χ1v) is 44.6. The lowest BCUT2D eigenvalue weighted by Gasteiger charge is -2.25. The predicted molar refractivity (Wildman–Crippen MR) is 501 cm³/mol. The minimum atomic E-state index is -1.14. The molecule has 2 fully saturated rings. The molecule has 4 amide bonds. The van der Waals surface area contributed by atoms with Crippen LogP contribution < -0.4 is 32.7 Å². The minimum absolute atomic E-state index is 0.0192. The normalized spacial score (nSPS) is 16.1. The van der Waals surface area contributed by atoms with Gasteiger partial charge in [0.2, 0.25) is 5.91 Å². The Morgan fingerprint density at radius 1 is 0.336 bits per heavy atom. The van der Waals surface area contributed by atoms with Crippen molar-refractivity contribution < 1.29 is 196 Å². The Hall–Kier alpha value is -11.6. The van der Waals surface area contributed by atoms with Crippen LogP contribution in [0, 0.1) is 81.0 Å². The summed E-state index contributed by atoms with van der Waals surface area (Å²) in [7, 11) is 19.7. The molecule has 4 aromatic rings. The molecule has 0 aromatic carbocycles. The fourth-order valence-corrected chi connectivity index (χ4v) is 11.6. The van der Waals surface area contributed by atoms with Gasteiger partial charge >= 0.3 is 41.8 Å². The van der Waals surface area contributed by atoms with Crippen LogP contribution in [0.4, 0.5) is 0 Å². The summed E-state index contributed by atoms with van der Waals surface area (Å²) in [6.07, 6.45) is 0.670. The summed E-state index contributed by atoms with van der Waals surface area (Å²) in [6, 6.07) is 0.793. The number of aryl methyl sites for hydroxylation is 4. The van der Waals surface area contributed by atoms with Crippen LogP contribution in [0.1, 0.15) is 166 Å². The van der Waals surface area contributed by atoms with Crippen LogP contribution in [0.5, 0.6) is 0 Å². The van der Waals surface area contributed by atoms with E-state index in [9.17, 15) is 81.5 Å². The Labute approximate surface area is 830 Å². The highest BCUT2D eigenvalue weighted by Crippen LogP contribution is 2.31. The Balaban J connectivity index is -0.00000162. The number of Topliss-reactive ketones (excluding diaryl/α,β-unsaturated/α-hetero) is 6. The number of aromatic carboxylic acids is 1. The maximum Gasteiger partial charge on any atom is 0.358 e. The van der Waals surface area contributed by atoms with E-state index in [1.165, 1.54) is 117 Å². The largest absolute Gasteiger partial charge is 0.481 e. The quantitative estimate of drug-likeness (QED) is 0.0173. The Kier molecular flexibility index (Phi) is 70.5. The van der Waals surface area contributed by atoms with E-state index < -0.39 is 136 Å². The number of carbonyl (C=O) groups is 17. The Morgan fingerprint density at radius 2 is 0.629 bits per heavy atom. The summed E-state index contributed by atoms with van der Waals surface area (Å²) >= 11 is 0. The molecule has 4 aromatic heterocycles. The number of nitrogens with one attached hydrogen (secondary N) is 4. The maximum atomic E-state index is 13.1. The van der Waals surface area contributed by atoms with Crippen LogP contribution in [0.15, 0.2) is 42.4 Å². The summed E-state index contributed by atoms with van der Waals surface area (Å²) in [4.78, 5) is 198. The highest BCUT2D eigenvalue weighted by molar-refractivity contribution is 6.01. The third kappa shape index (κ3) is 57.5. The number of aliphatic carboxylic acids is 3. The highest BCUT2D eigenvalue weighted by atomic mass is 16.6. The monoisotopic (exact) mass is 2050 g/mol. The van der Waals surface area contributed by atoms with Crippen LogP contribution in [-0.4, -0.2) is 374 Å². The van der Waals surface area contributed by atoms with Gasteiger partial charge in [-0.05, 0) is 80.1 Å². The topological polar surface area (TPSA) is 730 Å². The number of amides is 4. The molecule has 51 heteroatoms. The first-order valence-electron chi connectivity index (χ1n) is 44.6. The van der Waals surface area contributed by atoms with E-state index in [-0.39, 0.29) is 167 Å². The van der Waals surface area contributed by atoms with Crippen LogP contribution in [0.25, 0.3) is 0 Å². The van der Waals surface area contributed by atoms with E-state index in [2.05, 4.69) is 83.9 Å². The number of carbonyl (C=O) groups excluding carboxylic acids is 13. The molecular formula is C92H150N10O41. The van der Waals surface area contributed by atoms with Crippen molar-refractivity contribution in [1.29, 1.82) is 0 Å². The number of carboxylic acids is 4. The number of nitrogens with two attached hydrogens (primary N) is 2. The van der Waals surface area contributed by atoms with E-state index >= 15 is 0 Å². The second kappa shape index (κ2) is 74.3. The van der Waals surface area contributed by atoms with Gasteiger partial charge in [0.25, 0.3) is 17.7 Å². The molecule has 814 valence electrons. The number of aromatic nitrogens is 4. The molecule has 12 N–H and O–H groups in total. The van der Waals surface area contributed by atoms with Crippen molar-refractivity contribution in [3.8, 4) is 0 Å². The highest BCUT2D eigenvalue weighted by Gasteiger charge is 2.51. The Bertz CT molecular complexity index is 4460. The van der Waals surface area contributed by atoms with Crippen LogP contribution in [0.3, 0.4) is 0 Å². The number of hydrogen-bond donors (Lipinski definition) is 10. The fraction of sp³-hybridized carbons (Fsp3) is 0.685. The zero-order valence-electron chi connectivity index (χ0n) is 86.7. The number of carboxylic acid groups (broad SMARTS) is 4. The molecule has 51 nitrogen and oxygen atoms in total. The van der Waals surface area contributed by atoms with Crippen molar-refractivity contribution in [2.45, 2.75) is 176 Å². The fourth-order valence-electron chi connectivity index (χ4n) is 11.6. The number of epoxide rings is 2. The lowest BCUT2D eigenvalue weighted by Crippen LogP contribution is -2.50. The smallest absolute Gasteiger partial charge is 0.358 e. The number of ketones is 6. The predicted octanol–water partition coefficient (Wildman–Crippen LogP) is 2.90. The molecule has 0 bridgehead atoms. The van der Waals surface area contributed by atoms with Crippen molar-refractivity contribution in [3.63, 3.8) is 0 Å². The van der Waals surface area contributed by atoms with Gasteiger partial charge in [-0.15, -0.1) is 0 Å². The summed E-state index contributed by atoms with van der Waals surface area (Å²) in [5, 5.41) is 58.0. The van der Waals surface area contributed by atoms with E-state index in [1.807, 2.05) is 13.8 Å². The van der Waals surface area contributed by atoms with Gasteiger partial charge in [-0.25, -0.2) is 4.79 Å². The average Bonchev–Trinajstić information content (AvgIpc) is 1.62. The van der Waals surface area contributed by atoms with E-state index in [0.29, 0.717) is 61.8 Å². The molecule has 0 unspecified atom stereocenters. The van der Waals surface area contributed by atoms with Crippen molar-refractivity contribution in [3.05, 3.63) is 70.1 Å². The molecule has 6 rings (SSSR count). The zero-order chi connectivity index (χ0) is 110. The van der Waals surface area contributed by atoms with Gasteiger partial charge in [0.1, 0.15) is 64.2 Å². The standard InChI is InChI=1S/C23H35N3O8.C15H22N2O7.C14H20N2O7.C11H20O5.C9H17NO2.C6H12O3.C5H5NO3.C5H10O3.C4H9NO3/c1-13(2)7-16(20(28)23(4)12-33-23)24-21(29)15(10-31-5)9-19(27)18(11-32-6)25-22(30)17-8-14(3)34-26-17;1-9-5-11(17-24-9)14(19)16-12(8-22-3)13(18)6-10(7-21-2)15(20)23-4;1-8-4-10(16-23-8)13(18)15-11(7-22-3)12(17)5-9(6-21-2)14(19)20;1-8(6-14-2)10(12)5-9(7-15-3)11(13)16-4;1-6(2)4-7(10)8(11)9(3)5-12-9;1-5(4-8-2)6(7)9-3;1-3-2-4(5(7)8)6-9-3;1-4(3-8-2)5(6)7;1-8-2-3(5)4(6)7/h8,13,15-16,18H,7,9-12H2,1-6H3,(H,24,29)(H,25,30);5,10,12H,6-8H2,1-4H3,(H,16,19);4,9,11H,5-7H2,1-3H3,(H,15,18)(H,19,20);8-9H,5-7H2,1-4H3;6-7H,4-5,10H2,1-3H3;5H,4H2,1-3H3;2H,1H3,(H,7,8);4H,3H2,1-2H3,(H,6,7);3H,2,5H2,1H3,(H,6,7)/t15-,16-,18-,23+;10-,12-;9-,11-;8-,9-;7-,9+;5-;;4-;3-/m000000.00/s1. The van der Waals surface area contributed by atoms with Crippen molar-refractivity contribution >= 4 is 100 Å². The number of hydrogen-bond acceptors (Lipinski definition) is 43. The van der Waals surface area contributed by atoms with Crippen molar-refractivity contribution in [2.24, 2.45) is 64.7 Å². The van der Waals surface area contributed by atoms with E-state index in [0.717, 1.165) is 6.42 Å². The molecular weight excluding hydrogens is 1900 g/mol. The molecule has 2 saturated heterocycles. The van der Waals surface area contributed by atoms with E-state index in [4.69, 9.17) is 97.6 Å². The van der Waals surface area contributed by atoms with Gasteiger partial charge in [-0.1, -0.05) is 55.2 Å². The van der Waals surface area contributed by atoms with Gasteiger partial charge in [0.05, 0.1) is 155 Å². The van der Waals surface area contributed by atoms with Crippen molar-refractivity contribution in [1.82, 2.24) is 41.9 Å². The van der Waals surface area contributed by atoms with Gasteiger partial charge in [-0.2, -0.15) is 0 Å². The first kappa shape index (κ1) is 136. The molecule has 2 aliphatic rings. The van der Waals surface area contributed by atoms with Crippen LogP contribution >= 0.6 is 0 Å². The number of nitrogens with zero attached hydrogens (tertiary/aromatic N) is 4. The number of rotatable bonds is 57. The van der Waals surface area contributed by atoms with E-state index in [1.54, 1.807) is 69.4 Å². The molecule has 0 spiro atoms. The average molecular weight is 2050 g/mol. The summed E-state index contributed by atoms with van der Waals surface area (Å²) in [5.74, 6) is -10.3. The van der Waals surface area contributed by atoms with Gasteiger partial charge in [0, 0.05) is 134 Å². The summed E-state index contributed by atoms with van der Waals surface area (Å²) in [6.45, 7) is 25.1. The molecule has 15 atom stereocenters. The number of esters is 3. The minimum Gasteiger partial charge on any atom is -0.481 e. The third-order valence-electron chi connectivity index (χ3n) is 19.6. The SMILES string of the molecule is CC(C)C[C@H](N)C(=O)[C@@]1(C)CO1.COC[C@H](C)C(=O)O.COC[C@H](C)C(=O)OC.COC[C@H](CC(=O)[C@@H](C)COC)C(=O)OC.COC[C@H](CC(=O)[C@H](COC)NC(=O)c1cc(C)on1)C(=O)N[C@@H](CC(C)C)C(=O)[C@@]1(C)CO1.COC[C@H](CC(=O)[C@H](COC)NC(=O)c1cc(C)on1)C(=O)O.COC[C@H](CC(=O)[C@H](COC)NC(=O)c1cc(C)on1)C(=O)OC.COC[C@H](N)C(=O)O.Cc1cc(C(=O)O)no1. The third-order valence-corrected chi connectivity index (χ3v) is 19.6. The second-order valence-electron chi connectivity index (χ2n) is 33.7. The number of methoxy groups -OCH3 is 14. The van der Waals surface area contributed by atoms with Gasteiger partial charge < -0.3 is 147 Å². The van der Waals surface area contributed by atoms with Gasteiger partial charge in [-0.3, -0.25) is 76.7 Å². The van der Waals surface area contributed by atoms with Crippen molar-refractivity contribution in [2.75, 3.05) is 185 Å². The first-order chi connectivity index (χ1) is 67.1. The zero-order valence-corrected chi connectivity index (χ0v) is 86.7. The second-order valence-corrected chi connectivity index (χ2v) is 33.7. The summed E-state index contributed by atoms with van der Waals surface area (Å²) < 4.78 is 96.4. The molecule has 0 aliphatic carbocycles. The molecule has 0 radical (unpaired) electrons. The molecule has 2 aliphatic heterocycles. The molecule has 0 saturated carbocycles. The molecule has 143 heavy (non-hydrogen) atoms. The number of ether oxygens (including phenoxy) is 16. The lowest BCUT2D eigenvalue weighted by molar-refractivity contribution is -0.150. The molecule has 6 heterocycles. The maximum absolute atomic E-state index is 13.1. The lowest BCUT2D eigenvalue weighted by atomic mass is 9.92. The van der Waals surface area contributed by atoms with Gasteiger partial charge in [0.15, 0.2) is 51.7 Å². The van der Waals surface area contributed by atoms with Crippen LogP contribution in [0.2, 0.25) is 0 Å². The van der Waals surface area contributed by atoms with Crippen LogP contribution in [-0.2, 0) is 138 Å².